The second kappa shape index (κ2) is 9.48. The number of carboxylic acids is 2. The van der Waals surface area contributed by atoms with Gasteiger partial charge in [-0.2, -0.15) is 0 Å². The second-order valence-corrected chi connectivity index (χ2v) is 5.73. The molecule has 4 atom stereocenters. The van der Waals surface area contributed by atoms with Crippen LogP contribution in [0.5, 0.6) is 0 Å². The fourth-order valence-corrected chi connectivity index (χ4v) is 2.22. The highest BCUT2D eigenvalue weighted by molar-refractivity contribution is 5.90. The minimum atomic E-state index is -1.47. The number of hydrogen-bond donors (Lipinski definition) is 7. The Balaban J connectivity index is 2.77. The van der Waals surface area contributed by atoms with Crippen LogP contribution in [0.1, 0.15) is 19.0 Å². The molecule has 0 radical (unpaired) electrons. The van der Waals surface area contributed by atoms with E-state index in [2.05, 4.69) is 20.6 Å². The molecule has 0 aliphatic rings. The quantitative estimate of drug-likeness (QED) is 0.213. The molecular weight excluding hydrogens is 348 g/mol. The van der Waals surface area contributed by atoms with E-state index < -0.39 is 54.3 Å². The third-order valence-corrected chi connectivity index (χ3v) is 3.56. The second-order valence-electron chi connectivity index (χ2n) is 5.73. The van der Waals surface area contributed by atoms with Crippen LogP contribution >= 0.6 is 0 Å². The van der Waals surface area contributed by atoms with Crippen molar-refractivity contribution in [2.24, 2.45) is 11.5 Å². The van der Waals surface area contributed by atoms with Crippen molar-refractivity contribution in [3.63, 3.8) is 0 Å². The number of nitrogens with zero attached hydrogens (tertiary/aromatic N) is 1. The van der Waals surface area contributed by atoms with Crippen molar-refractivity contribution >= 4 is 23.8 Å². The standard InChI is InChI=1S/C14H22N6O6/c1-6(19-9(13(23)24)2-7-4-17-5-18-7)11(14(25)26)20-12(22)8(15)3-10(16)21/h4-6,8-9,11,19H,2-3,15H2,1H3,(H2,16,21)(H,17,18)(H,20,22)(H,23,24)(H,25,26)/t6-,8?,9?,11+/m1/s1. The number of nitrogens with one attached hydrogen (secondary N) is 3. The Morgan fingerprint density at radius 1 is 1.27 bits per heavy atom. The summed E-state index contributed by atoms with van der Waals surface area (Å²) < 4.78 is 0. The number of amides is 2. The number of aliphatic carboxylic acids is 2. The molecule has 2 unspecified atom stereocenters. The number of carbonyl (C=O) groups excluding carboxylic acids is 2. The van der Waals surface area contributed by atoms with Gasteiger partial charge in [0.15, 0.2) is 0 Å². The molecule has 1 aromatic heterocycles. The number of hydrogen-bond acceptors (Lipinski definition) is 7. The van der Waals surface area contributed by atoms with Crippen molar-refractivity contribution in [2.45, 2.75) is 43.9 Å². The van der Waals surface area contributed by atoms with Crippen LogP contribution in [0.2, 0.25) is 0 Å². The lowest BCUT2D eigenvalue weighted by Crippen LogP contribution is -2.59. The Morgan fingerprint density at radius 2 is 1.92 bits per heavy atom. The molecule has 0 saturated carbocycles. The van der Waals surface area contributed by atoms with Gasteiger partial charge in [0, 0.05) is 24.4 Å². The molecule has 12 heteroatoms. The van der Waals surface area contributed by atoms with Crippen LogP contribution in [0.25, 0.3) is 0 Å². The number of carbonyl (C=O) groups is 4. The molecule has 26 heavy (non-hydrogen) atoms. The average molecular weight is 370 g/mol. The smallest absolute Gasteiger partial charge is 0.327 e. The highest BCUT2D eigenvalue weighted by atomic mass is 16.4. The topological polar surface area (TPSA) is 214 Å². The van der Waals surface area contributed by atoms with E-state index in [1.807, 2.05) is 0 Å². The maximum atomic E-state index is 11.9. The summed E-state index contributed by atoms with van der Waals surface area (Å²) in [5, 5.41) is 23.4. The number of rotatable bonds is 11. The van der Waals surface area contributed by atoms with Gasteiger partial charge in [-0.05, 0) is 6.92 Å². The van der Waals surface area contributed by atoms with E-state index >= 15 is 0 Å². The molecule has 0 aromatic carbocycles. The Hall–Kier alpha value is -2.99. The highest BCUT2D eigenvalue weighted by Gasteiger charge is 2.32. The molecule has 12 nitrogen and oxygen atoms in total. The summed E-state index contributed by atoms with van der Waals surface area (Å²) in [6.07, 6.45) is 2.42. The largest absolute Gasteiger partial charge is 0.480 e. The number of nitrogens with two attached hydrogens (primary N) is 2. The van der Waals surface area contributed by atoms with E-state index in [0.29, 0.717) is 5.69 Å². The van der Waals surface area contributed by atoms with Gasteiger partial charge in [0.2, 0.25) is 11.8 Å². The zero-order valence-corrected chi connectivity index (χ0v) is 14.0. The van der Waals surface area contributed by atoms with Crippen molar-refractivity contribution in [1.82, 2.24) is 20.6 Å². The van der Waals surface area contributed by atoms with Crippen LogP contribution in [-0.4, -0.2) is 68.1 Å². The summed E-state index contributed by atoms with van der Waals surface area (Å²) in [4.78, 5) is 52.1. The zero-order chi connectivity index (χ0) is 19.9. The van der Waals surface area contributed by atoms with E-state index in [1.54, 1.807) is 0 Å². The molecule has 0 fully saturated rings. The van der Waals surface area contributed by atoms with Crippen LogP contribution in [0.15, 0.2) is 12.5 Å². The number of aromatic nitrogens is 2. The van der Waals surface area contributed by atoms with Crippen LogP contribution < -0.4 is 22.1 Å². The fourth-order valence-electron chi connectivity index (χ4n) is 2.22. The zero-order valence-electron chi connectivity index (χ0n) is 14.0. The lowest BCUT2D eigenvalue weighted by Gasteiger charge is -2.26. The predicted octanol–water partition coefficient (Wildman–Crippen LogP) is -2.84. The van der Waals surface area contributed by atoms with Crippen molar-refractivity contribution < 1.29 is 29.4 Å². The van der Waals surface area contributed by atoms with E-state index in [4.69, 9.17) is 11.5 Å². The van der Waals surface area contributed by atoms with Crippen molar-refractivity contribution in [2.75, 3.05) is 0 Å². The Kier molecular flexibility index (Phi) is 7.68. The first-order valence-corrected chi connectivity index (χ1v) is 7.65. The van der Waals surface area contributed by atoms with E-state index in [0.717, 1.165) is 0 Å². The molecule has 144 valence electrons. The molecule has 0 aliphatic heterocycles. The van der Waals surface area contributed by atoms with Crippen molar-refractivity contribution in [3.05, 3.63) is 18.2 Å². The van der Waals surface area contributed by atoms with Gasteiger partial charge in [0.1, 0.15) is 12.1 Å². The molecule has 1 aromatic rings. The summed E-state index contributed by atoms with van der Waals surface area (Å²) >= 11 is 0. The van der Waals surface area contributed by atoms with Crippen LogP contribution in [0.3, 0.4) is 0 Å². The van der Waals surface area contributed by atoms with Gasteiger partial charge in [0.25, 0.3) is 0 Å². The number of imidazole rings is 1. The monoisotopic (exact) mass is 370 g/mol. The number of carboxylic acid groups (broad SMARTS) is 2. The Bertz CT molecular complexity index is 648. The first kappa shape index (κ1) is 21.1. The fraction of sp³-hybridized carbons (Fsp3) is 0.500. The maximum Gasteiger partial charge on any atom is 0.327 e. The van der Waals surface area contributed by atoms with Crippen molar-refractivity contribution in [3.8, 4) is 0 Å². The van der Waals surface area contributed by atoms with Gasteiger partial charge in [-0.3, -0.25) is 19.7 Å². The minimum absolute atomic E-state index is 0.0289. The summed E-state index contributed by atoms with van der Waals surface area (Å²) in [5.41, 5.74) is 11.0. The normalized spacial score (nSPS) is 15.5. The average Bonchev–Trinajstić information content (AvgIpc) is 3.03. The van der Waals surface area contributed by atoms with Gasteiger partial charge >= 0.3 is 11.9 Å². The first-order chi connectivity index (χ1) is 12.1. The van der Waals surface area contributed by atoms with Gasteiger partial charge in [-0.15, -0.1) is 0 Å². The molecular formula is C14H22N6O6. The Morgan fingerprint density at radius 3 is 2.38 bits per heavy atom. The predicted molar refractivity (Wildman–Crippen MR) is 87.7 cm³/mol. The molecule has 1 rings (SSSR count). The third-order valence-electron chi connectivity index (χ3n) is 3.56. The number of aromatic amines is 1. The summed E-state index contributed by atoms with van der Waals surface area (Å²) in [6.45, 7) is 1.40. The minimum Gasteiger partial charge on any atom is -0.480 e. The summed E-state index contributed by atoms with van der Waals surface area (Å²) in [7, 11) is 0. The molecule has 0 spiro atoms. The third kappa shape index (κ3) is 6.49. The molecule has 2 amide bonds. The van der Waals surface area contributed by atoms with E-state index in [1.165, 1.54) is 19.4 Å². The SMILES string of the molecule is C[C@@H](NC(Cc1cnc[nH]1)C(=O)O)[C@H](NC(=O)C(N)CC(N)=O)C(=O)O. The van der Waals surface area contributed by atoms with Gasteiger partial charge in [-0.1, -0.05) is 0 Å². The van der Waals surface area contributed by atoms with Crippen LogP contribution in [-0.2, 0) is 25.6 Å². The van der Waals surface area contributed by atoms with Crippen LogP contribution in [0.4, 0.5) is 0 Å². The van der Waals surface area contributed by atoms with Crippen molar-refractivity contribution in [1.29, 1.82) is 0 Å². The Labute approximate surface area is 148 Å². The highest BCUT2D eigenvalue weighted by Crippen LogP contribution is 2.03. The molecule has 0 aliphatic carbocycles. The maximum absolute atomic E-state index is 11.9. The molecule has 9 N–H and O–H groups in total. The summed E-state index contributed by atoms with van der Waals surface area (Å²) in [6, 6.07) is -4.85. The summed E-state index contributed by atoms with van der Waals surface area (Å²) in [5.74, 6) is -4.29. The van der Waals surface area contributed by atoms with Gasteiger partial charge in [-0.25, -0.2) is 9.78 Å². The van der Waals surface area contributed by atoms with Gasteiger partial charge in [0.05, 0.1) is 18.8 Å². The lowest BCUT2D eigenvalue weighted by atomic mass is 10.1. The number of primary amides is 1. The van der Waals surface area contributed by atoms with E-state index in [9.17, 15) is 29.4 Å². The van der Waals surface area contributed by atoms with Crippen LogP contribution in [0, 0.1) is 0 Å². The lowest BCUT2D eigenvalue weighted by molar-refractivity contribution is -0.144. The van der Waals surface area contributed by atoms with Gasteiger partial charge < -0.3 is 32.0 Å². The first-order valence-electron chi connectivity index (χ1n) is 7.65. The molecule has 0 bridgehead atoms. The molecule has 0 saturated heterocycles. The molecule has 1 heterocycles. The van der Waals surface area contributed by atoms with E-state index in [-0.39, 0.29) is 6.42 Å². The number of H-pyrrole nitrogens is 1.